The Morgan fingerprint density at radius 2 is 2.21 bits per heavy atom. The SMILES string of the molecule is CSCCC1NC(=O)N(Cc2cccc(Cl)c2)C1=O. The van der Waals surface area contributed by atoms with Gasteiger partial charge in [0.2, 0.25) is 0 Å². The fraction of sp³-hybridized carbons (Fsp3) is 0.385. The molecule has 102 valence electrons. The molecule has 0 bridgehead atoms. The van der Waals surface area contributed by atoms with Crippen LogP contribution in [0.2, 0.25) is 5.02 Å². The van der Waals surface area contributed by atoms with Crippen LogP contribution in [-0.2, 0) is 11.3 Å². The summed E-state index contributed by atoms with van der Waals surface area (Å²) in [6.07, 6.45) is 2.64. The Bertz CT molecular complexity index is 495. The molecule has 3 amide bonds. The van der Waals surface area contributed by atoms with E-state index in [9.17, 15) is 9.59 Å². The Labute approximate surface area is 121 Å². The molecular formula is C13H15ClN2O2S. The topological polar surface area (TPSA) is 49.4 Å². The van der Waals surface area contributed by atoms with Crippen LogP contribution in [0.25, 0.3) is 0 Å². The van der Waals surface area contributed by atoms with E-state index in [2.05, 4.69) is 5.32 Å². The van der Waals surface area contributed by atoms with Gasteiger partial charge in [-0.1, -0.05) is 23.7 Å². The van der Waals surface area contributed by atoms with Gasteiger partial charge in [-0.25, -0.2) is 4.79 Å². The van der Waals surface area contributed by atoms with Gasteiger partial charge in [0.05, 0.1) is 6.54 Å². The molecule has 0 spiro atoms. The fourth-order valence-corrected chi connectivity index (χ4v) is 2.66. The summed E-state index contributed by atoms with van der Waals surface area (Å²) in [4.78, 5) is 25.2. The predicted molar refractivity (Wildman–Crippen MR) is 77.3 cm³/mol. The molecule has 0 aromatic heterocycles. The second kappa shape index (κ2) is 6.30. The van der Waals surface area contributed by atoms with Crippen LogP contribution in [0.5, 0.6) is 0 Å². The lowest BCUT2D eigenvalue weighted by Gasteiger charge is -2.13. The number of hydrogen-bond acceptors (Lipinski definition) is 3. The van der Waals surface area contributed by atoms with E-state index >= 15 is 0 Å². The van der Waals surface area contributed by atoms with Gasteiger partial charge >= 0.3 is 6.03 Å². The van der Waals surface area contributed by atoms with Gasteiger partial charge in [-0.3, -0.25) is 9.69 Å². The summed E-state index contributed by atoms with van der Waals surface area (Å²) in [6.45, 7) is 0.265. The number of nitrogens with zero attached hydrogens (tertiary/aromatic N) is 1. The molecular weight excluding hydrogens is 284 g/mol. The summed E-state index contributed by atoms with van der Waals surface area (Å²) in [5.41, 5.74) is 0.849. The molecule has 0 radical (unpaired) electrons. The largest absolute Gasteiger partial charge is 0.326 e. The Morgan fingerprint density at radius 1 is 1.42 bits per heavy atom. The lowest BCUT2D eigenvalue weighted by molar-refractivity contribution is -0.127. The normalized spacial score (nSPS) is 18.8. The minimum atomic E-state index is -0.390. The predicted octanol–water partition coefficient (Wildman–Crippen LogP) is 2.51. The molecule has 1 aromatic rings. The third-order valence-electron chi connectivity index (χ3n) is 2.95. The molecule has 1 heterocycles. The number of carbonyl (C=O) groups excluding carboxylic acids is 2. The highest BCUT2D eigenvalue weighted by Crippen LogP contribution is 2.17. The second-order valence-corrected chi connectivity index (χ2v) is 5.76. The van der Waals surface area contributed by atoms with Crippen molar-refractivity contribution in [3.05, 3.63) is 34.9 Å². The molecule has 1 fully saturated rings. The maximum absolute atomic E-state index is 12.1. The Morgan fingerprint density at radius 3 is 2.89 bits per heavy atom. The number of amides is 3. The molecule has 6 heteroatoms. The van der Waals surface area contributed by atoms with Crippen molar-refractivity contribution in [1.29, 1.82) is 0 Å². The Hall–Kier alpha value is -1.20. The van der Waals surface area contributed by atoms with E-state index in [0.29, 0.717) is 11.4 Å². The zero-order chi connectivity index (χ0) is 13.8. The van der Waals surface area contributed by atoms with E-state index in [-0.39, 0.29) is 24.5 Å². The van der Waals surface area contributed by atoms with Crippen LogP contribution in [-0.4, -0.2) is 34.9 Å². The van der Waals surface area contributed by atoms with Crippen LogP contribution in [0.15, 0.2) is 24.3 Å². The van der Waals surface area contributed by atoms with Crippen molar-refractivity contribution >= 4 is 35.3 Å². The Balaban J connectivity index is 2.04. The first-order valence-corrected chi connectivity index (χ1v) is 7.74. The summed E-state index contributed by atoms with van der Waals surface area (Å²) in [7, 11) is 0. The highest BCUT2D eigenvalue weighted by atomic mass is 35.5. The number of urea groups is 1. The van der Waals surface area contributed by atoms with Crippen LogP contribution in [0.3, 0.4) is 0 Å². The van der Waals surface area contributed by atoms with Gasteiger partial charge in [0, 0.05) is 5.02 Å². The van der Waals surface area contributed by atoms with E-state index in [1.165, 1.54) is 4.90 Å². The van der Waals surface area contributed by atoms with Crippen LogP contribution < -0.4 is 5.32 Å². The quantitative estimate of drug-likeness (QED) is 0.850. The minimum absolute atomic E-state index is 0.154. The van der Waals surface area contributed by atoms with Crippen molar-refractivity contribution in [3.63, 3.8) is 0 Å². The van der Waals surface area contributed by atoms with E-state index in [1.807, 2.05) is 12.3 Å². The monoisotopic (exact) mass is 298 g/mol. The molecule has 1 N–H and O–H groups in total. The smallest absolute Gasteiger partial charge is 0.325 e. The standard InChI is InChI=1S/C13H15ClN2O2S/c1-19-6-5-11-12(17)16(13(18)15-11)8-9-3-2-4-10(14)7-9/h2-4,7,11H,5-6,8H2,1H3,(H,15,18). The van der Waals surface area contributed by atoms with Gasteiger partial charge < -0.3 is 5.32 Å². The number of hydrogen-bond donors (Lipinski definition) is 1. The summed E-state index contributed by atoms with van der Waals surface area (Å²) in [5, 5.41) is 3.31. The highest BCUT2D eigenvalue weighted by Gasteiger charge is 2.37. The van der Waals surface area contributed by atoms with Crippen molar-refractivity contribution in [3.8, 4) is 0 Å². The van der Waals surface area contributed by atoms with Gasteiger partial charge in [0.1, 0.15) is 6.04 Å². The van der Waals surface area contributed by atoms with Gasteiger partial charge in [-0.05, 0) is 36.1 Å². The zero-order valence-electron chi connectivity index (χ0n) is 10.6. The molecule has 0 saturated carbocycles. The van der Waals surface area contributed by atoms with Crippen LogP contribution in [0, 0.1) is 0 Å². The first kappa shape index (κ1) is 14.2. The van der Waals surface area contributed by atoms with Crippen LogP contribution >= 0.6 is 23.4 Å². The van der Waals surface area contributed by atoms with Crippen molar-refractivity contribution < 1.29 is 9.59 Å². The molecule has 1 atom stereocenters. The molecule has 1 unspecified atom stereocenters. The highest BCUT2D eigenvalue weighted by molar-refractivity contribution is 7.98. The lowest BCUT2D eigenvalue weighted by Crippen LogP contribution is -2.31. The molecule has 1 aromatic carbocycles. The van der Waals surface area contributed by atoms with Crippen LogP contribution in [0.1, 0.15) is 12.0 Å². The third-order valence-corrected chi connectivity index (χ3v) is 3.83. The average Bonchev–Trinajstić information content (AvgIpc) is 2.64. The molecule has 2 rings (SSSR count). The number of thioether (sulfide) groups is 1. The van der Waals surface area contributed by atoms with E-state index in [0.717, 1.165) is 11.3 Å². The fourth-order valence-electron chi connectivity index (χ4n) is 1.98. The van der Waals surface area contributed by atoms with Crippen LogP contribution in [0.4, 0.5) is 4.79 Å². The van der Waals surface area contributed by atoms with Gasteiger partial charge in [0.15, 0.2) is 0 Å². The number of halogens is 1. The van der Waals surface area contributed by atoms with Gasteiger partial charge in [-0.15, -0.1) is 0 Å². The molecule has 1 aliphatic heterocycles. The summed E-state index contributed by atoms with van der Waals surface area (Å²) in [5.74, 6) is 0.695. The van der Waals surface area contributed by atoms with Gasteiger partial charge in [0.25, 0.3) is 5.91 Å². The summed E-state index contributed by atoms with van der Waals surface area (Å²) in [6, 6.07) is 6.47. The van der Waals surface area contributed by atoms with E-state index < -0.39 is 0 Å². The number of carbonyl (C=O) groups is 2. The summed E-state index contributed by atoms with van der Waals surface area (Å²) < 4.78 is 0. The zero-order valence-corrected chi connectivity index (χ0v) is 12.1. The number of nitrogens with one attached hydrogen (secondary N) is 1. The van der Waals surface area contributed by atoms with Gasteiger partial charge in [-0.2, -0.15) is 11.8 Å². The molecule has 4 nitrogen and oxygen atoms in total. The first-order valence-electron chi connectivity index (χ1n) is 5.97. The van der Waals surface area contributed by atoms with Crippen molar-refractivity contribution in [2.24, 2.45) is 0 Å². The van der Waals surface area contributed by atoms with E-state index in [1.54, 1.807) is 30.0 Å². The molecule has 1 saturated heterocycles. The third kappa shape index (κ3) is 3.42. The maximum atomic E-state index is 12.1. The average molecular weight is 299 g/mol. The summed E-state index contributed by atoms with van der Waals surface area (Å²) >= 11 is 7.55. The number of benzene rings is 1. The number of rotatable bonds is 5. The molecule has 0 aliphatic carbocycles. The first-order chi connectivity index (χ1) is 9.11. The van der Waals surface area contributed by atoms with Crippen molar-refractivity contribution in [2.45, 2.75) is 19.0 Å². The Kier molecular flexibility index (Phi) is 4.71. The second-order valence-electron chi connectivity index (χ2n) is 4.34. The van der Waals surface area contributed by atoms with E-state index in [4.69, 9.17) is 11.6 Å². The molecule has 19 heavy (non-hydrogen) atoms. The van der Waals surface area contributed by atoms with Crippen molar-refractivity contribution in [1.82, 2.24) is 10.2 Å². The van der Waals surface area contributed by atoms with Crippen molar-refractivity contribution in [2.75, 3.05) is 12.0 Å². The molecule has 1 aliphatic rings. The number of imide groups is 1. The lowest BCUT2D eigenvalue weighted by atomic mass is 10.2. The maximum Gasteiger partial charge on any atom is 0.325 e. The minimum Gasteiger partial charge on any atom is -0.326 e.